The standard InChI is InChI=1S/C14H22N6O/c1-9-7-19(14(21)11-6-15-4-5-16-11)8-12-17-18-13(20(9)12)10-2-3-10/h9-11,15-16H,2-8H2,1H3/t9-,11-/m0/s1. The second-order valence-corrected chi connectivity index (χ2v) is 6.40. The minimum Gasteiger partial charge on any atom is -0.332 e. The number of carbonyl (C=O) groups excluding carboxylic acids is 1. The fourth-order valence-electron chi connectivity index (χ4n) is 3.40. The van der Waals surface area contributed by atoms with E-state index in [1.54, 1.807) is 0 Å². The summed E-state index contributed by atoms with van der Waals surface area (Å²) in [5.41, 5.74) is 0. The zero-order valence-corrected chi connectivity index (χ0v) is 12.4. The van der Waals surface area contributed by atoms with Gasteiger partial charge in [-0.25, -0.2) is 0 Å². The van der Waals surface area contributed by atoms with Crippen LogP contribution in [-0.4, -0.2) is 57.8 Å². The molecule has 1 saturated heterocycles. The number of rotatable bonds is 2. The lowest BCUT2D eigenvalue weighted by atomic mass is 10.1. The van der Waals surface area contributed by atoms with Gasteiger partial charge >= 0.3 is 0 Å². The summed E-state index contributed by atoms with van der Waals surface area (Å²) in [4.78, 5) is 14.6. The van der Waals surface area contributed by atoms with E-state index in [-0.39, 0.29) is 18.0 Å². The molecule has 3 heterocycles. The molecule has 0 spiro atoms. The van der Waals surface area contributed by atoms with Crippen molar-refractivity contribution in [2.24, 2.45) is 0 Å². The molecule has 0 bridgehead atoms. The third-order valence-corrected chi connectivity index (χ3v) is 4.64. The molecular formula is C14H22N6O. The number of piperazine rings is 1. The number of carbonyl (C=O) groups is 1. The van der Waals surface area contributed by atoms with E-state index >= 15 is 0 Å². The van der Waals surface area contributed by atoms with Gasteiger partial charge in [-0.3, -0.25) is 4.79 Å². The quantitative estimate of drug-likeness (QED) is 0.776. The maximum atomic E-state index is 12.6. The molecule has 7 heteroatoms. The normalized spacial score (nSPS) is 29.3. The first-order chi connectivity index (χ1) is 10.2. The topological polar surface area (TPSA) is 75.1 Å². The van der Waals surface area contributed by atoms with E-state index in [4.69, 9.17) is 0 Å². The summed E-state index contributed by atoms with van der Waals surface area (Å²) in [5.74, 6) is 2.84. The van der Waals surface area contributed by atoms with E-state index in [2.05, 4.69) is 32.3 Å². The Morgan fingerprint density at radius 3 is 2.86 bits per heavy atom. The SMILES string of the molecule is C[C@H]1CN(C(=O)[C@@H]2CNCCN2)Cc2nnc(C3CC3)n21. The van der Waals surface area contributed by atoms with Gasteiger partial charge in [-0.1, -0.05) is 0 Å². The monoisotopic (exact) mass is 290 g/mol. The van der Waals surface area contributed by atoms with Crippen molar-refractivity contribution in [2.45, 2.75) is 44.3 Å². The summed E-state index contributed by atoms with van der Waals surface area (Å²) in [6, 6.07) is 0.156. The molecule has 1 saturated carbocycles. The van der Waals surface area contributed by atoms with Crippen LogP contribution in [0.3, 0.4) is 0 Å². The van der Waals surface area contributed by atoms with Gasteiger partial charge in [0.05, 0.1) is 18.6 Å². The molecule has 114 valence electrons. The second kappa shape index (κ2) is 5.06. The Kier molecular flexibility index (Phi) is 3.19. The molecule has 0 radical (unpaired) electrons. The van der Waals surface area contributed by atoms with Crippen molar-refractivity contribution in [1.82, 2.24) is 30.3 Å². The molecule has 2 atom stereocenters. The van der Waals surface area contributed by atoms with Crippen LogP contribution in [0.1, 0.15) is 43.4 Å². The summed E-state index contributed by atoms with van der Waals surface area (Å²) in [6.07, 6.45) is 2.45. The number of hydrogen-bond acceptors (Lipinski definition) is 5. The van der Waals surface area contributed by atoms with Crippen LogP contribution in [0, 0.1) is 0 Å². The van der Waals surface area contributed by atoms with Gasteiger partial charge < -0.3 is 20.1 Å². The van der Waals surface area contributed by atoms with Crippen LogP contribution in [0.5, 0.6) is 0 Å². The zero-order chi connectivity index (χ0) is 14.4. The minimum atomic E-state index is -0.108. The Balaban J connectivity index is 1.52. The summed E-state index contributed by atoms with van der Waals surface area (Å²) in [5, 5.41) is 15.3. The first-order valence-electron chi connectivity index (χ1n) is 7.90. The Morgan fingerprint density at radius 1 is 1.29 bits per heavy atom. The molecule has 2 N–H and O–H groups in total. The molecule has 2 fully saturated rings. The average molecular weight is 290 g/mol. The minimum absolute atomic E-state index is 0.108. The third kappa shape index (κ3) is 2.34. The molecule has 1 amide bonds. The van der Waals surface area contributed by atoms with Gasteiger partial charge in [-0.15, -0.1) is 10.2 Å². The van der Waals surface area contributed by atoms with Crippen LogP contribution < -0.4 is 10.6 Å². The number of amides is 1. The number of hydrogen-bond donors (Lipinski definition) is 2. The fourth-order valence-corrected chi connectivity index (χ4v) is 3.40. The smallest absolute Gasteiger partial charge is 0.241 e. The number of nitrogens with zero attached hydrogens (tertiary/aromatic N) is 4. The summed E-state index contributed by atoms with van der Waals surface area (Å²) >= 11 is 0. The highest BCUT2D eigenvalue weighted by Crippen LogP contribution is 2.40. The first-order valence-corrected chi connectivity index (χ1v) is 7.90. The predicted octanol–water partition coefficient (Wildman–Crippen LogP) is -0.380. The van der Waals surface area contributed by atoms with Crippen LogP contribution in [0.25, 0.3) is 0 Å². The first kappa shape index (κ1) is 13.2. The number of aromatic nitrogens is 3. The molecule has 0 aromatic carbocycles. The highest BCUT2D eigenvalue weighted by molar-refractivity contribution is 5.82. The molecule has 1 aromatic rings. The average Bonchev–Trinajstić information content (AvgIpc) is 3.27. The lowest BCUT2D eigenvalue weighted by Gasteiger charge is -2.36. The Labute approximate surface area is 124 Å². The molecular weight excluding hydrogens is 268 g/mol. The predicted molar refractivity (Wildman–Crippen MR) is 76.8 cm³/mol. The van der Waals surface area contributed by atoms with Crippen LogP contribution in [0.15, 0.2) is 0 Å². The van der Waals surface area contributed by atoms with E-state index in [1.165, 1.54) is 12.8 Å². The molecule has 4 rings (SSSR count). The molecule has 1 aromatic heterocycles. The van der Waals surface area contributed by atoms with Gasteiger partial charge in [0.2, 0.25) is 5.91 Å². The van der Waals surface area contributed by atoms with Gasteiger partial charge in [-0.2, -0.15) is 0 Å². The Bertz CT molecular complexity index is 546. The van der Waals surface area contributed by atoms with E-state index in [0.717, 1.165) is 31.3 Å². The summed E-state index contributed by atoms with van der Waals surface area (Å²) < 4.78 is 2.26. The van der Waals surface area contributed by atoms with Gasteiger partial charge in [0.1, 0.15) is 5.82 Å². The maximum Gasteiger partial charge on any atom is 0.241 e. The van der Waals surface area contributed by atoms with Crippen molar-refractivity contribution in [3.63, 3.8) is 0 Å². The van der Waals surface area contributed by atoms with E-state index in [1.807, 2.05) is 4.90 Å². The zero-order valence-electron chi connectivity index (χ0n) is 12.4. The lowest BCUT2D eigenvalue weighted by molar-refractivity contribution is -0.135. The molecule has 1 aliphatic carbocycles. The lowest BCUT2D eigenvalue weighted by Crippen LogP contribution is -2.57. The highest BCUT2D eigenvalue weighted by Gasteiger charge is 2.36. The van der Waals surface area contributed by atoms with Crippen molar-refractivity contribution in [3.05, 3.63) is 11.6 Å². The Hall–Kier alpha value is -1.47. The van der Waals surface area contributed by atoms with Crippen molar-refractivity contribution in [2.75, 3.05) is 26.2 Å². The van der Waals surface area contributed by atoms with Gasteiger partial charge in [0.25, 0.3) is 0 Å². The number of fused-ring (bicyclic) bond motifs is 1. The van der Waals surface area contributed by atoms with Crippen LogP contribution in [-0.2, 0) is 11.3 Å². The van der Waals surface area contributed by atoms with Gasteiger partial charge in [0, 0.05) is 32.1 Å². The summed E-state index contributed by atoms with van der Waals surface area (Å²) in [6.45, 7) is 5.98. The fraction of sp³-hybridized carbons (Fsp3) is 0.786. The van der Waals surface area contributed by atoms with Crippen LogP contribution in [0.4, 0.5) is 0 Å². The molecule has 3 aliphatic rings. The Morgan fingerprint density at radius 2 is 2.14 bits per heavy atom. The van der Waals surface area contributed by atoms with Crippen molar-refractivity contribution in [1.29, 1.82) is 0 Å². The van der Waals surface area contributed by atoms with Gasteiger partial charge in [-0.05, 0) is 19.8 Å². The highest BCUT2D eigenvalue weighted by atomic mass is 16.2. The van der Waals surface area contributed by atoms with E-state index < -0.39 is 0 Å². The van der Waals surface area contributed by atoms with Gasteiger partial charge in [0.15, 0.2) is 5.82 Å². The van der Waals surface area contributed by atoms with Crippen LogP contribution in [0.2, 0.25) is 0 Å². The molecule has 21 heavy (non-hydrogen) atoms. The largest absolute Gasteiger partial charge is 0.332 e. The molecule has 7 nitrogen and oxygen atoms in total. The molecule has 2 aliphatic heterocycles. The van der Waals surface area contributed by atoms with E-state index in [0.29, 0.717) is 19.0 Å². The van der Waals surface area contributed by atoms with Crippen molar-refractivity contribution >= 4 is 5.91 Å². The second-order valence-electron chi connectivity index (χ2n) is 6.40. The third-order valence-electron chi connectivity index (χ3n) is 4.64. The summed E-state index contributed by atoms with van der Waals surface area (Å²) in [7, 11) is 0. The van der Waals surface area contributed by atoms with Crippen LogP contribution >= 0.6 is 0 Å². The maximum absolute atomic E-state index is 12.6. The number of nitrogens with one attached hydrogen (secondary N) is 2. The molecule has 0 unspecified atom stereocenters. The van der Waals surface area contributed by atoms with Crippen molar-refractivity contribution < 1.29 is 4.79 Å². The van der Waals surface area contributed by atoms with Crippen molar-refractivity contribution in [3.8, 4) is 0 Å². The van der Waals surface area contributed by atoms with E-state index in [9.17, 15) is 4.79 Å².